The summed E-state index contributed by atoms with van der Waals surface area (Å²) < 4.78 is 15.3. The van der Waals surface area contributed by atoms with E-state index < -0.39 is 5.91 Å². The zero-order chi connectivity index (χ0) is 17.0. The van der Waals surface area contributed by atoms with Crippen LogP contribution >= 0.6 is 23.2 Å². The normalized spacial score (nSPS) is 10.1. The molecule has 0 fully saturated rings. The summed E-state index contributed by atoms with van der Waals surface area (Å²) in [5, 5.41) is 3.23. The fourth-order valence-corrected chi connectivity index (χ4v) is 2.29. The monoisotopic (exact) mass is 356 g/mol. The number of carbonyl (C=O) groups excluding carboxylic acids is 1. The van der Waals surface area contributed by atoms with Crippen molar-refractivity contribution in [1.29, 1.82) is 0 Å². The zero-order valence-corrected chi connectivity index (χ0v) is 14.2. The van der Waals surface area contributed by atoms with Gasteiger partial charge in [-0.1, -0.05) is 23.2 Å². The van der Waals surface area contributed by atoms with Crippen LogP contribution in [-0.2, 0) is 0 Å². The molecule has 0 atom stereocenters. The van der Waals surface area contributed by atoms with E-state index in [1.165, 1.54) is 33.5 Å². The van der Waals surface area contributed by atoms with Gasteiger partial charge in [-0.2, -0.15) is 0 Å². The number of benzene rings is 1. The Bertz CT molecular complexity index is 738. The van der Waals surface area contributed by atoms with Crippen LogP contribution in [0.1, 0.15) is 10.4 Å². The van der Waals surface area contributed by atoms with Crippen molar-refractivity contribution >= 4 is 34.8 Å². The average Bonchev–Trinajstić information content (AvgIpc) is 2.55. The van der Waals surface area contributed by atoms with Crippen LogP contribution in [0.3, 0.4) is 0 Å². The van der Waals surface area contributed by atoms with Gasteiger partial charge in [0.2, 0.25) is 5.88 Å². The van der Waals surface area contributed by atoms with Gasteiger partial charge in [-0.25, -0.2) is 4.98 Å². The highest BCUT2D eigenvalue weighted by Crippen LogP contribution is 2.36. The Kier molecular flexibility index (Phi) is 5.52. The number of ether oxygens (including phenoxy) is 3. The number of pyridine rings is 1. The van der Waals surface area contributed by atoms with Crippen LogP contribution in [0.25, 0.3) is 0 Å². The standard InChI is InChI=1S/C15H14Cl2N2O4/c1-21-11-7-10(12(22-2)6-9(11)16)18-15(20)8-4-13(17)19-14(5-8)23-3/h4-7H,1-3H3,(H,18,20). The van der Waals surface area contributed by atoms with Crippen LogP contribution in [0.15, 0.2) is 24.3 Å². The molecule has 0 aliphatic heterocycles. The van der Waals surface area contributed by atoms with Crippen molar-refractivity contribution < 1.29 is 19.0 Å². The lowest BCUT2D eigenvalue weighted by atomic mass is 10.2. The molecule has 0 radical (unpaired) electrons. The van der Waals surface area contributed by atoms with Gasteiger partial charge in [0.1, 0.15) is 16.7 Å². The van der Waals surface area contributed by atoms with Gasteiger partial charge in [0.15, 0.2) is 0 Å². The van der Waals surface area contributed by atoms with Crippen molar-refractivity contribution in [2.75, 3.05) is 26.6 Å². The second kappa shape index (κ2) is 7.39. The molecule has 0 aliphatic carbocycles. The largest absolute Gasteiger partial charge is 0.495 e. The van der Waals surface area contributed by atoms with E-state index in [9.17, 15) is 4.79 Å². The maximum Gasteiger partial charge on any atom is 0.256 e. The summed E-state index contributed by atoms with van der Waals surface area (Å²) in [5.41, 5.74) is 0.698. The van der Waals surface area contributed by atoms with Crippen molar-refractivity contribution in [1.82, 2.24) is 4.98 Å². The maximum atomic E-state index is 12.4. The van der Waals surface area contributed by atoms with Gasteiger partial charge in [0.05, 0.1) is 32.0 Å². The first-order chi connectivity index (χ1) is 11.0. The molecule has 0 saturated heterocycles. The van der Waals surface area contributed by atoms with Crippen LogP contribution in [0.2, 0.25) is 10.2 Å². The van der Waals surface area contributed by atoms with E-state index in [0.717, 1.165) is 0 Å². The maximum absolute atomic E-state index is 12.4. The lowest BCUT2D eigenvalue weighted by molar-refractivity contribution is 0.102. The SMILES string of the molecule is COc1cc(C(=O)Nc2cc(OC)c(Cl)cc2OC)cc(Cl)n1. The minimum absolute atomic E-state index is 0.148. The van der Waals surface area contributed by atoms with Crippen molar-refractivity contribution in [3.05, 3.63) is 40.0 Å². The number of nitrogens with zero attached hydrogens (tertiary/aromatic N) is 1. The Hall–Kier alpha value is -2.18. The highest BCUT2D eigenvalue weighted by Gasteiger charge is 2.15. The first-order valence-corrected chi connectivity index (χ1v) is 7.18. The smallest absolute Gasteiger partial charge is 0.256 e. The molecule has 0 bridgehead atoms. The summed E-state index contributed by atoms with van der Waals surface area (Å²) in [7, 11) is 4.39. The molecule has 0 saturated carbocycles. The Morgan fingerprint density at radius 3 is 2.30 bits per heavy atom. The molecule has 1 amide bonds. The number of methoxy groups -OCH3 is 3. The van der Waals surface area contributed by atoms with Crippen LogP contribution in [-0.4, -0.2) is 32.2 Å². The number of hydrogen-bond acceptors (Lipinski definition) is 5. The Morgan fingerprint density at radius 1 is 1.00 bits per heavy atom. The molecular formula is C15H14Cl2N2O4. The molecule has 8 heteroatoms. The summed E-state index contributed by atoms with van der Waals surface area (Å²) in [6.45, 7) is 0. The van der Waals surface area contributed by atoms with Gasteiger partial charge in [-0.05, 0) is 6.07 Å². The summed E-state index contributed by atoms with van der Waals surface area (Å²) in [6.07, 6.45) is 0. The van der Waals surface area contributed by atoms with Gasteiger partial charge >= 0.3 is 0 Å². The Balaban J connectivity index is 2.35. The van der Waals surface area contributed by atoms with Crippen molar-refractivity contribution in [2.24, 2.45) is 0 Å². The van der Waals surface area contributed by atoms with Gasteiger partial charge in [0, 0.05) is 23.8 Å². The highest BCUT2D eigenvalue weighted by molar-refractivity contribution is 6.32. The van der Waals surface area contributed by atoms with Gasteiger partial charge in [-0.3, -0.25) is 4.79 Å². The average molecular weight is 357 g/mol. The molecular weight excluding hydrogens is 343 g/mol. The summed E-state index contributed by atoms with van der Waals surface area (Å²) in [6, 6.07) is 6.02. The molecule has 0 spiro atoms. The molecule has 0 aliphatic rings. The minimum Gasteiger partial charge on any atom is -0.495 e. The number of amides is 1. The quantitative estimate of drug-likeness (QED) is 0.827. The van der Waals surface area contributed by atoms with Gasteiger partial charge in [0.25, 0.3) is 5.91 Å². The fourth-order valence-electron chi connectivity index (χ4n) is 1.86. The second-order valence-corrected chi connectivity index (χ2v) is 5.16. The molecule has 0 unspecified atom stereocenters. The molecule has 122 valence electrons. The highest BCUT2D eigenvalue weighted by atomic mass is 35.5. The molecule has 2 rings (SSSR count). The van der Waals surface area contributed by atoms with Crippen molar-refractivity contribution in [3.8, 4) is 17.4 Å². The van der Waals surface area contributed by atoms with E-state index in [1.807, 2.05) is 0 Å². The molecule has 1 aromatic heterocycles. The number of hydrogen-bond donors (Lipinski definition) is 1. The summed E-state index contributed by atoms with van der Waals surface area (Å²) in [4.78, 5) is 16.3. The summed E-state index contributed by atoms with van der Waals surface area (Å²) >= 11 is 11.9. The topological polar surface area (TPSA) is 69.7 Å². The molecule has 2 aromatic rings. The number of nitrogens with one attached hydrogen (secondary N) is 1. The first kappa shape index (κ1) is 17.2. The number of aromatic nitrogens is 1. The number of rotatable bonds is 5. The van der Waals surface area contributed by atoms with Gasteiger partial charge in [-0.15, -0.1) is 0 Å². The molecule has 1 heterocycles. The predicted molar refractivity (Wildman–Crippen MR) is 88.3 cm³/mol. The molecule has 6 nitrogen and oxygen atoms in total. The van der Waals surface area contributed by atoms with E-state index in [4.69, 9.17) is 37.4 Å². The number of anilines is 1. The van der Waals surface area contributed by atoms with Crippen LogP contribution < -0.4 is 19.5 Å². The molecule has 23 heavy (non-hydrogen) atoms. The minimum atomic E-state index is -0.407. The third-order valence-electron chi connectivity index (χ3n) is 2.96. The Labute approximate surface area is 143 Å². The molecule has 1 aromatic carbocycles. The zero-order valence-electron chi connectivity index (χ0n) is 12.6. The van der Waals surface area contributed by atoms with Crippen molar-refractivity contribution in [2.45, 2.75) is 0 Å². The van der Waals surface area contributed by atoms with E-state index in [2.05, 4.69) is 10.3 Å². The predicted octanol–water partition coefficient (Wildman–Crippen LogP) is 3.67. The van der Waals surface area contributed by atoms with Crippen molar-refractivity contribution in [3.63, 3.8) is 0 Å². The third kappa shape index (κ3) is 3.97. The van der Waals surface area contributed by atoms with E-state index in [-0.39, 0.29) is 16.6 Å². The Morgan fingerprint density at radius 2 is 1.70 bits per heavy atom. The first-order valence-electron chi connectivity index (χ1n) is 6.43. The third-order valence-corrected chi connectivity index (χ3v) is 3.45. The second-order valence-electron chi connectivity index (χ2n) is 4.36. The summed E-state index contributed by atoms with van der Waals surface area (Å²) in [5.74, 6) is 0.642. The molecule has 1 N–H and O–H groups in total. The number of halogens is 2. The van der Waals surface area contributed by atoms with Crippen LogP contribution in [0.4, 0.5) is 5.69 Å². The van der Waals surface area contributed by atoms with E-state index in [0.29, 0.717) is 22.2 Å². The van der Waals surface area contributed by atoms with E-state index in [1.54, 1.807) is 12.1 Å². The van der Waals surface area contributed by atoms with E-state index >= 15 is 0 Å². The number of carbonyl (C=O) groups is 1. The van der Waals surface area contributed by atoms with Crippen LogP contribution in [0.5, 0.6) is 17.4 Å². The van der Waals surface area contributed by atoms with Gasteiger partial charge < -0.3 is 19.5 Å². The lowest BCUT2D eigenvalue weighted by Gasteiger charge is -2.13. The fraction of sp³-hybridized carbons (Fsp3) is 0.200. The van der Waals surface area contributed by atoms with Crippen LogP contribution in [0, 0.1) is 0 Å². The lowest BCUT2D eigenvalue weighted by Crippen LogP contribution is -2.13.